The fraction of sp³-hybridized carbons (Fsp3) is 0.455. The first-order chi connectivity index (χ1) is 8.96. The summed E-state index contributed by atoms with van der Waals surface area (Å²) in [5, 5.41) is 0.0777. The molecule has 7 nitrogen and oxygen atoms in total. The molecule has 0 unspecified atom stereocenters. The van der Waals surface area contributed by atoms with Gasteiger partial charge in [0.1, 0.15) is 18.8 Å². The second kappa shape index (κ2) is 6.28. The van der Waals surface area contributed by atoms with Crippen LogP contribution in [0, 0.1) is 0 Å². The Morgan fingerprint density at radius 1 is 1.16 bits per heavy atom. The summed E-state index contributed by atoms with van der Waals surface area (Å²) in [6.07, 6.45) is 1.52. The highest BCUT2D eigenvalue weighted by Crippen LogP contribution is 2.21. The van der Waals surface area contributed by atoms with Crippen molar-refractivity contribution in [1.82, 2.24) is 9.80 Å². The summed E-state index contributed by atoms with van der Waals surface area (Å²) in [6, 6.07) is 0. The van der Waals surface area contributed by atoms with Crippen LogP contribution in [0.25, 0.3) is 0 Å². The van der Waals surface area contributed by atoms with Crippen molar-refractivity contribution in [1.29, 1.82) is 0 Å². The minimum atomic E-state index is -0.592. The van der Waals surface area contributed by atoms with Gasteiger partial charge in [-0.25, -0.2) is 0 Å². The van der Waals surface area contributed by atoms with Crippen LogP contribution in [0.2, 0.25) is 0 Å². The van der Waals surface area contributed by atoms with Gasteiger partial charge in [-0.05, 0) is 19.1 Å². The van der Waals surface area contributed by atoms with Crippen LogP contribution in [0.5, 0.6) is 0 Å². The van der Waals surface area contributed by atoms with E-state index >= 15 is 0 Å². The minimum Gasteiger partial charge on any atom is -0.468 e. The van der Waals surface area contributed by atoms with Gasteiger partial charge in [-0.15, -0.1) is 0 Å². The topological polar surface area (TPSA) is 76.2 Å². The summed E-state index contributed by atoms with van der Waals surface area (Å²) in [6.45, 7) is 1.17. The van der Waals surface area contributed by atoms with Crippen molar-refractivity contribution >= 4 is 35.2 Å². The lowest BCUT2D eigenvalue weighted by molar-refractivity contribution is -0.143. The zero-order valence-corrected chi connectivity index (χ0v) is 11.7. The summed E-state index contributed by atoms with van der Waals surface area (Å²) >= 11 is 5.09. The Balaban J connectivity index is 2.95. The molecule has 1 amide bonds. The lowest BCUT2D eigenvalue weighted by atomic mass is 10.3. The molecule has 1 saturated heterocycles. The maximum absolute atomic E-state index is 12.0. The normalized spacial score (nSPS) is 17.1. The van der Waals surface area contributed by atoms with E-state index < -0.39 is 17.8 Å². The molecule has 0 aliphatic carbocycles. The molecule has 0 spiro atoms. The van der Waals surface area contributed by atoms with Crippen LogP contribution in [0.3, 0.4) is 0 Å². The van der Waals surface area contributed by atoms with Crippen LogP contribution < -0.4 is 0 Å². The average Bonchev–Trinajstić information content (AvgIpc) is 2.62. The molecule has 0 aromatic heterocycles. The number of hydrogen-bond donors (Lipinski definition) is 0. The van der Waals surface area contributed by atoms with E-state index in [1.165, 1.54) is 25.2 Å². The second-order valence-electron chi connectivity index (χ2n) is 3.59. The van der Waals surface area contributed by atoms with Gasteiger partial charge in [0.2, 0.25) is 0 Å². The molecule has 0 aromatic rings. The van der Waals surface area contributed by atoms with Gasteiger partial charge in [0.15, 0.2) is 5.11 Å². The number of carbonyl (C=O) groups is 3. The van der Waals surface area contributed by atoms with E-state index in [0.29, 0.717) is 0 Å². The fourth-order valence-corrected chi connectivity index (χ4v) is 1.86. The van der Waals surface area contributed by atoms with E-state index in [4.69, 9.17) is 12.2 Å². The predicted molar refractivity (Wildman–Crippen MR) is 68.8 cm³/mol. The van der Waals surface area contributed by atoms with Crippen LogP contribution in [-0.2, 0) is 23.9 Å². The summed E-state index contributed by atoms with van der Waals surface area (Å²) in [5.74, 6) is -1.57. The Morgan fingerprint density at radius 3 is 2.05 bits per heavy atom. The maximum atomic E-state index is 12.0. The average molecular weight is 286 g/mol. The highest BCUT2D eigenvalue weighted by atomic mass is 32.1. The predicted octanol–water partition coefficient (Wildman–Crippen LogP) is -0.335. The largest absolute Gasteiger partial charge is 0.468 e. The first-order valence-electron chi connectivity index (χ1n) is 5.39. The number of thiocarbonyl (C=S) groups is 1. The lowest BCUT2D eigenvalue weighted by Gasteiger charge is -2.18. The SMILES string of the molecule is C/C=C1\C(=O)N(CC(=O)OC)C(=S)N1CC(=O)OC. The Hall–Kier alpha value is -1.96. The molecule has 1 aliphatic rings. The van der Waals surface area contributed by atoms with Crippen molar-refractivity contribution in [3.8, 4) is 0 Å². The number of rotatable bonds is 4. The third-order valence-electron chi connectivity index (χ3n) is 2.52. The van der Waals surface area contributed by atoms with Crippen molar-refractivity contribution < 1.29 is 23.9 Å². The van der Waals surface area contributed by atoms with Crippen LogP contribution >= 0.6 is 12.2 Å². The zero-order chi connectivity index (χ0) is 14.6. The molecule has 1 aliphatic heterocycles. The number of ether oxygens (including phenoxy) is 2. The molecule has 1 fully saturated rings. The van der Waals surface area contributed by atoms with Gasteiger partial charge in [0.25, 0.3) is 5.91 Å². The number of methoxy groups -OCH3 is 2. The highest BCUT2D eigenvalue weighted by molar-refractivity contribution is 7.80. The van der Waals surface area contributed by atoms with Gasteiger partial charge in [0, 0.05) is 0 Å². The third kappa shape index (κ3) is 3.08. The molecule has 104 valence electrons. The van der Waals surface area contributed by atoms with E-state index in [9.17, 15) is 14.4 Å². The first-order valence-corrected chi connectivity index (χ1v) is 5.80. The fourth-order valence-electron chi connectivity index (χ4n) is 1.55. The zero-order valence-electron chi connectivity index (χ0n) is 10.8. The molecule has 1 rings (SSSR count). The number of carbonyl (C=O) groups excluding carboxylic acids is 3. The Morgan fingerprint density at radius 2 is 1.63 bits per heavy atom. The number of esters is 2. The second-order valence-corrected chi connectivity index (χ2v) is 3.95. The summed E-state index contributed by atoms with van der Waals surface area (Å²) < 4.78 is 9.03. The molecule has 0 bridgehead atoms. The monoisotopic (exact) mass is 286 g/mol. The first kappa shape index (κ1) is 15.1. The Labute approximate surface area is 115 Å². The van der Waals surface area contributed by atoms with Crippen molar-refractivity contribution in [2.75, 3.05) is 27.3 Å². The lowest BCUT2D eigenvalue weighted by Crippen LogP contribution is -2.38. The number of amides is 1. The van der Waals surface area contributed by atoms with Gasteiger partial charge in [0.05, 0.1) is 14.2 Å². The third-order valence-corrected chi connectivity index (χ3v) is 2.96. The summed E-state index contributed by atoms with van der Waals surface area (Å²) in [5.41, 5.74) is 0.235. The molecule has 0 N–H and O–H groups in total. The van der Waals surface area contributed by atoms with E-state index in [-0.39, 0.29) is 23.9 Å². The molecule has 19 heavy (non-hydrogen) atoms. The van der Waals surface area contributed by atoms with E-state index in [0.717, 1.165) is 4.90 Å². The van der Waals surface area contributed by atoms with E-state index in [1.807, 2.05) is 0 Å². The molecular formula is C11H14N2O5S. The summed E-state index contributed by atoms with van der Waals surface area (Å²) in [4.78, 5) is 37.0. The minimum absolute atomic E-state index is 0.0777. The van der Waals surface area contributed by atoms with Gasteiger partial charge in [-0.2, -0.15) is 0 Å². The van der Waals surface area contributed by atoms with Gasteiger partial charge in [-0.1, -0.05) is 6.08 Å². The standard InChI is InChI=1S/C11H14N2O5S/c1-4-7-10(16)13(6-9(15)18-3)11(19)12(7)5-8(14)17-2/h4H,5-6H2,1-3H3/b7-4+. The molecule has 8 heteroatoms. The van der Waals surface area contributed by atoms with Gasteiger partial charge in [-0.3, -0.25) is 19.3 Å². The molecule has 0 radical (unpaired) electrons. The smallest absolute Gasteiger partial charge is 0.325 e. The van der Waals surface area contributed by atoms with Crippen LogP contribution in [0.4, 0.5) is 0 Å². The number of allylic oxidation sites excluding steroid dienone is 1. The maximum Gasteiger partial charge on any atom is 0.325 e. The van der Waals surface area contributed by atoms with Gasteiger partial charge >= 0.3 is 11.9 Å². The van der Waals surface area contributed by atoms with Crippen molar-refractivity contribution in [2.24, 2.45) is 0 Å². The summed E-state index contributed by atoms with van der Waals surface area (Å²) in [7, 11) is 2.46. The van der Waals surface area contributed by atoms with Crippen molar-refractivity contribution in [3.63, 3.8) is 0 Å². The molecule has 0 aromatic carbocycles. The van der Waals surface area contributed by atoms with Crippen molar-refractivity contribution in [2.45, 2.75) is 6.92 Å². The quantitative estimate of drug-likeness (QED) is 0.398. The molecule has 1 heterocycles. The van der Waals surface area contributed by atoms with Crippen LogP contribution in [0.1, 0.15) is 6.92 Å². The molecular weight excluding hydrogens is 272 g/mol. The highest BCUT2D eigenvalue weighted by Gasteiger charge is 2.39. The number of hydrogen-bond acceptors (Lipinski definition) is 6. The Kier molecular flexibility index (Phi) is 4.99. The van der Waals surface area contributed by atoms with E-state index in [2.05, 4.69) is 9.47 Å². The molecule has 0 atom stereocenters. The number of nitrogens with zero attached hydrogens (tertiary/aromatic N) is 2. The van der Waals surface area contributed by atoms with Gasteiger partial charge < -0.3 is 14.4 Å². The van der Waals surface area contributed by atoms with Crippen molar-refractivity contribution in [3.05, 3.63) is 11.8 Å². The Bertz CT molecular complexity index is 460. The molecule has 0 saturated carbocycles. The van der Waals surface area contributed by atoms with E-state index in [1.54, 1.807) is 6.92 Å². The van der Waals surface area contributed by atoms with Crippen LogP contribution in [-0.4, -0.2) is 60.1 Å². The van der Waals surface area contributed by atoms with Crippen LogP contribution in [0.15, 0.2) is 11.8 Å².